The second kappa shape index (κ2) is 6.41. The van der Waals surface area contributed by atoms with Crippen molar-refractivity contribution < 1.29 is 9.90 Å². The summed E-state index contributed by atoms with van der Waals surface area (Å²) in [5.41, 5.74) is 2.03. The molecule has 0 radical (unpaired) electrons. The fraction of sp³-hybridized carbons (Fsp3) is 0.133. The average Bonchev–Trinajstić information content (AvgIpc) is 2.39. The monoisotopic (exact) mass is 460 g/mol. The van der Waals surface area contributed by atoms with Crippen LogP contribution in [0.3, 0.4) is 0 Å². The van der Waals surface area contributed by atoms with E-state index in [9.17, 15) is 9.90 Å². The maximum absolute atomic E-state index is 11.4. The Morgan fingerprint density at radius 2 is 1.50 bits per heavy atom. The zero-order valence-electron chi connectivity index (χ0n) is 10.3. The van der Waals surface area contributed by atoms with Crippen LogP contribution in [0.1, 0.15) is 27.4 Å². The van der Waals surface area contributed by atoms with Crippen LogP contribution in [0.2, 0.25) is 0 Å². The predicted molar refractivity (Wildman–Crippen MR) is 91.2 cm³/mol. The van der Waals surface area contributed by atoms with Crippen LogP contribution < -0.4 is 0 Å². The van der Waals surface area contributed by atoms with Crippen molar-refractivity contribution >= 4 is 53.8 Å². The predicted octanol–water partition coefficient (Wildman–Crippen LogP) is 5.36. The Labute approximate surface area is 142 Å². The van der Waals surface area contributed by atoms with Gasteiger partial charge in [-0.3, -0.25) is 0 Å². The topological polar surface area (TPSA) is 37.3 Å². The van der Waals surface area contributed by atoms with Gasteiger partial charge in [0.05, 0.1) is 5.56 Å². The zero-order chi connectivity index (χ0) is 14.8. The first-order valence-corrected chi connectivity index (χ1v) is 8.23. The van der Waals surface area contributed by atoms with E-state index in [1.165, 1.54) is 0 Å². The summed E-state index contributed by atoms with van der Waals surface area (Å²) in [5, 5.41) is 9.38. The van der Waals surface area contributed by atoms with Crippen molar-refractivity contribution in [3.05, 3.63) is 71.3 Å². The van der Waals surface area contributed by atoms with Crippen molar-refractivity contribution in [3.8, 4) is 0 Å². The molecular formula is C15H11Br3O2. The highest BCUT2D eigenvalue weighted by Crippen LogP contribution is 2.50. The van der Waals surface area contributed by atoms with Crippen LogP contribution >= 0.6 is 47.8 Å². The Bertz CT molecular complexity index is 606. The van der Waals surface area contributed by atoms with Crippen LogP contribution in [-0.4, -0.2) is 13.2 Å². The van der Waals surface area contributed by atoms with Gasteiger partial charge in [-0.25, -0.2) is 4.79 Å². The second-order valence-corrected chi connectivity index (χ2v) is 11.2. The Balaban J connectivity index is 2.63. The van der Waals surface area contributed by atoms with Crippen molar-refractivity contribution in [1.82, 2.24) is 0 Å². The number of hydrogen-bond donors (Lipinski definition) is 1. The fourth-order valence-electron chi connectivity index (χ4n) is 2.13. The quantitative estimate of drug-likeness (QED) is 0.624. The molecule has 2 nitrogen and oxygen atoms in total. The molecule has 20 heavy (non-hydrogen) atoms. The summed E-state index contributed by atoms with van der Waals surface area (Å²) in [7, 11) is 0. The van der Waals surface area contributed by atoms with Gasteiger partial charge in [0.25, 0.3) is 0 Å². The van der Waals surface area contributed by atoms with Gasteiger partial charge < -0.3 is 5.11 Å². The zero-order valence-corrected chi connectivity index (χ0v) is 15.0. The summed E-state index contributed by atoms with van der Waals surface area (Å²) in [6, 6.07) is 16.8. The van der Waals surface area contributed by atoms with Crippen molar-refractivity contribution in [3.63, 3.8) is 0 Å². The molecule has 0 heterocycles. The van der Waals surface area contributed by atoms with E-state index >= 15 is 0 Å². The van der Waals surface area contributed by atoms with Gasteiger partial charge in [0, 0.05) is 5.92 Å². The van der Waals surface area contributed by atoms with E-state index in [0.29, 0.717) is 5.56 Å². The molecule has 0 saturated carbocycles. The molecule has 0 aliphatic carbocycles. The minimum atomic E-state index is -0.932. The summed E-state index contributed by atoms with van der Waals surface area (Å²) >= 11 is 10.6. The number of carboxylic acid groups (broad SMARTS) is 1. The van der Waals surface area contributed by atoms with E-state index in [0.717, 1.165) is 11.1 Å². The van der Waals surface area contributed by atoms with Crippen molar-refractivity contribution in [2.24, 2.45) is 0 Å². The van der Waals surface area contributed by atoms with E-state index in [-0.39, 0.29) is 5.92 Å². The molecule has 2 aromatic carbocycles. The first kappa shape index (κ1) is 15.7. The van der Waals surface area contributed by atoms with Gasteiger partial charge in [0.2, 0.25) is 0 Å². The highest BCUT2D eigenvalue weighted by Gasteiger charge is 2.35. The van der Waals surface area contributed by atoms with Crippen molar-refractivity contribution in [1.29, 1.82) is 0 Å². The summed E-state index contributed by atoms with van der Waals surface area (Å²) in [5.74, 6) is -1.13. The van der Waals surface area contributed by atoms with Gasteiger partial charge in [-0.2, -0.15) is 0 Å². The van der Waals surface area contributed by atoms with E-state index in [2.05, 4.69) is 47.8 Å². The first-order valence-electron chi connectivity index (χ1n) is 5.85. The van der Waals surface area contributed by atoms with Crippen LogP contribution in [0, 0.1) is 0 Å². The van der Waals surface area contributed by atoms with Crippen molar-refractivity contribution in [2.75, 3.05) is 0 Å². The highest BCUT2D eigenvalue weighted by atomic mass is 80.0. The number of carbonyl (C=O) groups is 1. The molecule has 0 bridgehead atoms. The maximum Gasteiger partial charge on any atom is 0.335 e. The minimum absolute atomic E-state index is 0.198. The normalized spacial score (nSPS) is 12.9. The third kappa shape index (κ3) is 3.51. The molecular weight excluding hydrogens is 452 g/mol. The lowest BCUT2D eigenvalue weighted by atomic mass is 9.89. The van der Waals surface area contributed by atoms with Gasteiger partial charge in [0.1, 0.15) is 2.14 Å². The molecule has 0 aliphatic heterocycles. The number of carboxylic acids is 1. The highest BCUT2D eigenvalue weighted by molar-refractivity contribution is 9.39. The molecule has 0 aliphatic rings. The molecule has 0 aromatic heterocycles. The Kier molecular flexibility index (Phi) is 5.04. The molecule has 1 atom stereocenters. The van der Waals surface area contributed by atoms with Crippen molar-refractivity contribution in [2.45, 2.75) is 8.06 Å². The van der Waals surface area contributed by atoms with Crippen LogP contribution in [-0.2, 0) is 0 Å². The lowest BCUT2D eigenvalue weighted by Gasteiger charge is -2.27. The molecule has 2 aromatic rings. The van der Waals surface area contributed by atoms with Gasteiger partial charge in [0.15, 0.2) is 0 Å². The molecule has 104 valence electrons. The molecule has 2 rings (SSSR count). The smallest absolute Gasteiger partial charge is 0.335 e. The third-order valence-corrected chi connectivity index (χ3v) is 4.34. The molecule has 1 N–H and O–H groups in total. The number of benzene rings is 2. The van der Waals surface area contributed by atoms with Crippen LogP contribution in [0.15, 0.2) is 54.6 Å². The van der Waals surface area contributed by atoms with E-state index in [4.69, 9.17) is 0 Å². The number of rotatable bonds is 3. The van der Waals surface area contributed by atoms with Crippen LogP contribution in [0.25, 0.3) is 0 Å². The van der Waals surface area contributed by atoms with Crippen LogP contribution in [0.5, 0.6) is 0 Å². The Morgan fingerprint density at radius 3 is 2.05 bits per heavy atom. The number of halogens is 3. The lowest BCUT2D eigenvalue weighted by molar-refractivity contribution is 0.0695. The van der Waals surface area contributed by atoms with E-state index in [1.807, 2.05) is 42.5 Å². The number of aromatic carboxylic acids is 1. The summed E-state index contributed by atoms with van der Waals surface area (Å²) in [4.78, 5) is 11.4. The Hall–Kier alpha value is -0.650. The third-order valence-electron chi connectivity index (χ3n) is 2.96. The average molecular weight is 463 g/mol. The molecule has 0 amide bonds. The first-order chi connectivity index (χ1) is 9.41. The second-order valence-electron chi connectivity index (χ2n) is 4.28. The summed E-state index contributed by atoms with van der Waals surface area (Å²) < 4.78 is -0.625. The Morgan fingerprint density at radius 1 is 0.950 bits per heavy atom. The lowest BCUT2D eigenvalue weighted by Crippen LogP contribution is -2.19. The standard InChI is InChI=1S/C15H11Br3O2/c16-15(17,18)13(10-6-2-1-3-7-10)11-8-4-5-9-12(11)14(19)20/h1-9,13H,(H,19,20). The molecule has 0 fully saturated rings. The molecule has 0 spiro atoms. The van der Waals surface area contributed by atoms with Gasteiger partial charge in [-0.1, -0.05) is 96.3 Å². The van der Waals surface area contributed by atoms with E-state index in [1.54, 1.807) is 12.1 Å². The maximum atomic E-state index is 11.4. The van der Waals surface area contributed by atoms with Gasteiger partial charge in [-0.05, 0) is 17.2 Å². The number of hydrogen-bond acceptors (Lipinski definition) is 1. The summed E-state index contributed by atoms with van der Waals surface area (Å²) in [6.45, 7) is 0. The molecule has 0 saturated heterocycles. The SMILES string of the molecule is O=C(O)c1ccccc1C(c1ccccc1)C(Br)(Br)Br. The molecule has 5 heteroatoms. The largest absolute Gasteiger partial charge is 0.478 e. The number of alkyl halides is 3. The molecule has 1 unspecified atom stereocenters. The van der Waals surface area contributed by atoms with Crippen LogP contribution in [0.4, 0.5) is 0 Å². The summed E-state index contributed by atoms with van der Waals surface area (Å²) in [6.07, 6.45) is 0. The van der Waals surface area contributed by atoms with Gasteiger partial charge in [-0.15, -0.1) is 0 Å². The minimum Gasteiger partial charge on any atom is -0.478 e. The van der Waals surface area contributed by atoms with E-state index < -0.39 is 8.11 Å². The fourth-order valence-corrected chi connectivity index (χ4v) is 3.67. The van der Waals surface area contributed by atoms with Gasteiger partial charge >= 0.3 is 5.97 Å².